The van der Waals surface area contributed by atoms with Crippen molar-refractivity contribution < 1.29 is 4.39 Å². The summed E-state index contributed by atoms with van der Waals surface area (Å²) < 4.78 is 13.2. The average Bonchev–Trinajstić information content (AvgIpc) is 2.37. The number of hydrogen-bond acceptors (Lipinski definition) is 3. The van der Waals surface area contributed by atoms with Crippen LogP contribution in [0.5, 0.6) is 0 Å². The van der Waals surface area contributed by atoms with Gasteiger partial charge in [-0.15, -0.1) is 0 Å². The van der Waals surface area contributed by atoms with Crippen molar-refractivity contribution in [3.63, 3.8) is 0 Å². The van der Waals surface area contributed by atoms with Gasteiger partial charge < -0.3 is 5.32 Å². The van der Waals surface area contributed by atoms with Crippen molar-refractivity contribution in [2.45, 2.75) is 19.8 Å². The number of anilines is 2. The van der Waals surface area contributed by atoms with Crippen LogP contribution < -0.4 is 5.32 Å². The Labute approximate surface area is 131 Å². The smallest absolute Gasteiger partial charge is 0.138 e. The SMILES string of the molecule is CCCc1c(Cl)ncnc1Nc1c(Cl)cc(F)cc1Cl. The van der Waals surface area contributed by atoms with Crippen LogP contribution in [0, 0.1) is 5.82 Å². The van der Waals surface area contributed by atoms with Crippen molar-refractivity contribution in [2.24, 2.45) is 0 Å². The van der Waals surface area contributed by atoms with Gasteiger partial charge in [0.25, 0.3) is 0 Å². The molecule has 1 aromatic carbocycles. The minimum Gasteiger partial charge on any atom is -0.337 e. The van der Waals surface area contributed by atoms with Gasteiger partial charge in [-0.1, -0.05) is 48.1 Å². The first-order valence-electron chi connectivity index (χ1n) is 5.93. The number of aromatic nitrogens is 2. The number of benzene rings is 1. The first kappa shape index (κ1) is 15.3. The molecule has 0 bridgehead atoms. The highest BCUT2D eigenvalue weighted by atomic mass is 35.5. The second kappa shape index (κ2) is 6.57. The molecule has 0 aliphatic rings. The number of rotatable bonds is 4. The van der Waals surface area contributed by atoms with Gasteiger partial charge in [-0.2, -0.15) is 0 Å². The fraction of sp³-hybridized carbons (Fsp3) is 0.231. The molecule has 106 valence electrons. The fourth-order valence-corrected chi connectivity index (χ4v) is 2.53. The predicted molar refractivity (Wildman–Crippen MR) is 80.7 cm³/mol. The Morgan fingerprint density at radius 2 is 1.80 bits per heavy atom. The third kappa shape index (κ3) is 3.32. The van der Waals surface area contributed by atoms with Crippen LogP contribution in [0.15, 0.2) is 18.5 Å². The summed E-state index contributed by atoms with van der Waals surface area (Å²) in [7, 11) is 0. The van der Waals surface area contributed by atoms with E-state index in [9.17, 15) is 4.39 Å². The number of halogens is 4. The van der Waals surface area contributed by atoms with E-state index in [1.165, 1.54) is 18.5 Å². The molecule has 1 N–H and O–H groups in total. The number of nitrogens with one attached hydrogen (secondary N) is 1. The van der Waals surface area contributed by atoms with Crippen molar-refractivity contribution >= 4 is 46.3 Å². The first-order valence-corrected chi connectivity index (χ1v) is 7.07. The average molecular weight is 335 g/mol. The number of nitrogens with zero attached hydrogens (tertiary/aromatic N) is 2. The molecule has 0 saturated heterocycles. The van der Waals surface area contributed by atoms with E-state index in [0.717, 1.165) is 12.0 Å². The Kier molecular flexibility index (Phi) is 5.02. The van der Waals surface area contributed by atoms with Gasteiger partial charge in [0.2, 0.25) is 0 Å². The highest BCUT2D eigenvalue weighted by molar-refractivity contribution is 6.39. The molecular weight excluding hydrogens is 324 g/mol. The molecule has 7 heteroatoms. The summed E-state index contributed by atoms with van der Waals surface area (Å²) in [5, 5.41) is 3.72. The van der Waals surface area contributed by atoms with Crippen molar-refractivity contribution in [1.29, 1.82) is 0 Å². The molecule has 2 rings (SSSR count). The van der Waals surface area contributed by atoms with Crippen LogP contribution in [0.1, 0.15) is 18.9 Å². The van der Waals surface area contributed by atoms with Gasteiger partial charge in [0.15, 0.2) is 0 Å². The zero-order chi connectivity index (χ0) is 14.7. The molecule has 1 heterocycles. The summed E-state index contributed by atoms with van der Waals surface area (Å²) in [5.74, 6) is 0.0160. The first-order chi connectivity index (χ1) is 9.52. The molecule has 0 radical (unpaired) electrons. The maximum absolute atomic E-state index is 13.2. The summed E-state index contributed by atoms with van der Waals surface area (Å²) >= 11 is 18.0. The minimum absolute atomic E-state index is 0.173. The van der Waals surface area contributed by atoms with Crippen LogP contribution >= 0.6 is 34.8 Å². The number of hydrogen-bond donors (Lipinski definition) is 1. The van der Waals surface area contributed by atoms with Gasteiger partial charge in [-0.3, -0.25) is 0 Å². The fourth-order valence-electron chi connectivity index (χ4n) is 1.75. The normalized spacial score (nSPS) is 10.7. The highest BCUT2D eigenvalue weighted by Gasteiger charge is 2.14. The lowest BCUT2D eigenvalue weighted by atomic mass is 10.2. The molecule has 0 aliphatic carbocycles. The van der Waals surface area contributed by atoms with E-state index in [0.29, 0.717) is 23.1 Å². The molecule has 0 unspecified atom stereocenters. The Hall–Kier alpha value is -1.10. The zero-order valence-electron chi connectivity index (χ0n) is 10.6. The molecule has 0 aliphatic heterocycles. The van der Waals surface area contributed by atoms with Gasteiger partial charge in [-0.25, -0.2) is 14.4 Å². The second-order valence-corrected chi connectivity index (χ2v) is 5.28. The second-order valence-electron chi connectivity index (χ2n) is 4.11. The van der Waals surface area contributed by atoms with E-state index in [4.69, 9.17) is 34.8 Å². The summed E-state index contributed by atoms with van der Waals surface area (Å²) in [6, 6.07) is 2.36. The van der Waals surface area contributed by atoms with Gasteiger partial charge >= 0.3 is 0 Å². The molecule has 1 aromatic heterocycles. The van der Waals surface area contributed by atoms with Crippen LogP contribution in [0.2, 0.25) is 15.2 Å². The van der Waals surface area contributed by atoms with Gasteiger partial charge in [0.1, 0.15) is 23.1 Å². The van der Waals surface area contributed by atoms with E-state index in [1.807, 2.05) is 6.92 Å². The molecule has 0 fully saturated rings. The Balaban J connectivity index is 2.43. The molecule has 0 atom stereocenters. The standard InChI is InChI=1S/C13H11Cl3FN3/c1-2-3-8-12(16)18-6-19-13(8)20-11-9(14)4-7(17)5-10(11)15/h4-6H,2-3H2,1H3,(H,18,19,20). The van der Waals surface area contributed by atoms with E-state index >= 15 is 0 Å². The van der Waals surface area contributed by atoms with E-state index in [-0.39, 0.29) is 10.0 Å². The van der Waals surface area contributed by atoms with Crippen molar-refractivity contribution in [1.82, 2.24) is 9.97 Å². The molecule has 20 heavy (non-hydrogen) atoms. The third-order valence-electron chi connectivity index (χ3n) is 2.64. The topological polar surface area (TPSA) is 37.8 Å². The Morgan fingerprint density at radius 3 is 2.40 bits per heavy atom. The zero-order valence-corrected chi connectivity index (χ0v) is 12.8. The van der Waals surface area contributed by atoms with E-state index in [1.54, 1.807) is 0 Å². The highest BCUT2D eigenvalue weighted by Crippen LogP contribution is 2.35. The molecular formula is C13H11Cl3FN3. The van der Waals surface area contributed by atoms with Crippen molar-refractivity contribution in [3.8, 4) is 0 Å². The minimum atomic E-state index is -0.500. The van der Waals surface area contributed by atoms with Gasteiger partial charge in [0.05, 0.1) is 15.7 Å². The van der Waals surface area contributed by atoms with E-state index in [2.05, 4.69) is 15.3 Å². The maximum Gasteiger partial charge on any atom is 0.138 e. The predicted octanol–water partition coefficient (Wildman–Crippen LogP) is 5.27. The Bertz CT molecular complexity index is 611. The van der Waals surface area contributed by atoms with Gasteiger partial charge in [-0.05, 0) is 18.6 Å². The van der Waals surface area contributed by atoms with Crippen LogP contribution in [0.3, 0.4) is 0 Å². The summed E-state index contributed by atoms with van der Waals surface area (Å²) in [6.07, 6.45) is 2.93. The Morgan fingerprint density at radius 1 is 1.15 bits per heavy atom. The molecule has 0 saturated carbocycles. The molecule has 0 amide bonds. The van der Waals surface area contributed by atoms with Crippen molar-refractivity contribution in [2.75, 3.05) is 5.32 Å². The molecule has 3 nitrogen and oxygen atoms in total. The van der Waals surface area contributed by atoms with Crippen LogP contribution in [0.25, 0.3) is 0 Å². The lowest BCUT2D eigenvalue weighted by molar-refractivity contribution is 0.628. The third-order valence-corrected chi connectivity index (χ3v) is 3.56. The summed E-state index contributed by atoms with van der Waals surface area (Å²) in [6.45, 7) is 2.02. The maximum atomic E-state index is 13.2. The van der Waals surface area contributed by atoms with Gasteiger partial charge in [0, 0.05) is 5.56 Å². The monoisotopic (exact) mass is 333 g/mol. The molecule has 0 spiro atoms. The molecule has 2 aromatic rings. The quantitative estimate of drug-likeness (QED) is 0.774. The van der Waals surface area contributed by atoms with Crippen LogP contribution in [-0.2, 0) is 6.42 Å². The van der Waals surface area contributed by atoms with Crippen LogP contribution in [-0.4, -0.2) is 9.97 Å². The largest absolute Gasteiger partial charge is 0.337 e. The lowest BCUT2D eigenvalue weighted by Gasteiger charge is -2.13. The van der Waals surface area contributed by atoms with Crippen LogP contribution in [0.4, 0.5) is 15.9 Å². The van der Waals surface area contributed by atoms with Crippen molar-refractivity contribution in [3.05, 3.63) is 45.0 Å². The van der Waals surface area contributed by atoms with E-state index < -0.39 is 5.82 Å². The summed E-state index contributed by atoms with van der Waals surface area (Å²) in [5.41, 5.74) is 1.16. The lowest BCUT2D eigenvalue weighted by Crippen LogP contribution is -2.02. The summed E-state index contributed by atoms with van der Waals surface area (Å²) in [4.78, 5) is 8.09.